The maximum atomic E-state index is 10.8. The Bertz CT molecular complexity index is 946. The third kappa shape index (κ3) is 2.48. The van der Waals surface area contributed by atoms with Crippen LogP contribution in [-0.4, -0.2) is 21.7 Å². The van der Waals surface area contributed by atoms with Crippen molar-refractivity contribution in [1.29, 1.82) is 0 Å². The van der Waals surface area contributed by atoms with Crippen molar-refractivity contribution in [2.75, 3.05) is 6.79 Å². The highest BCUT2D eigenvalue weighted by atomic mass is 16.7. The summed E-state index contributed by atoms with van der Waals surface area (Å²) in [5, 5.41) is 10.8. The molecule has 0 radical (unpaired) electrons. The Morgan fingerprint density at radius 2 is 2.00 bits per heavy atom. The van der Waals surface area contributed by atoms with Crippen LogP contribution in [0.2, 0.25) is 0 Å². The molecule has 3 aromatic rings. The number of aromatic amines is 1. The van der Waals surface area contributed by atoms with E-state index in [1.54, 1.807) is 6.07 Å². The van der Waals surface area contributed by atoms with E-state index in [9.17, 15) is 10.1 Å². The van der Waals surface area contributed by atoms with Gasteiger partial charge in [0.2, 0.25) is 6.79 Å². The number of non-ortho nitro benzene ring substituents is 1. The fourth-order valence-corrected chi connectivity index (χ4v) is 2.40. The van der Waals surface area contributed by atoms with Gasteiger partial charge in [0.15, 0.2) is 11.5 Å². The topological polar surface area (TPSA) is 90.3 Å². The lowest BCUT2D eigenvalue weighted by Crippen LogP contribution is -1.92. The quantitative estimate of drug-likeness (QED) is 0.591. The first-order chi connectivity index (χ1) is 11.2. The summed E-state index contributed by atoms with van der Waals surface area (Å²) in [5.74, 6) is 2.07. The lowest BCUT2D eigenvalue weighted by Gasteiger charge is -1.96. The third-order valence-corrected chi connectivity index (χ3v) is 3.52. The number of nitrogens with zero attached hydrogens (tertiary/aromatic N) is 2. The highest BCUT2D eigenvalue weighted by Gasteiger charge is 2.12. The first kappa shape index (κ1) is 13.3. The molecule has 0 spiro atoms. The third-order valence-electron chi connectivity index (χ3n) is 3.52. The van der Waals surface area contributed by atoms with Gasteiger partial charge in [0.25, 0.3) is 5.69 Å². The van der Waals surface area contributed by atoms with Crippen LogP contribution in [0, 0.1) is 10.1 Å². The molecule has 0 aliphatic carbocycles. The highest BCUT2D eigenvalue weighted by molar-refractivity contribution is 5.81. The molecule has 0 unspecified atom stereocenters. The summed E-state index contributed by atoms with van der Waals surface area (Å²) in [4.78, 5) is 17.8. The van der Waals surface area contributed by atoms with Gasteiger partial charge in [-0.15, -0.1) is 0 Å². The SMILES string of the molecule is O=[N+]([O-])c1ccc2nc(/C=C/c3ccc4c(c3)OCO4)[nH]c2c1. The van der Waals surface area contributed by atoms with Crippen molar-refractivity contribution in [3.05, 3.63) is 57.9 Å². The van der Waals surface area contributed by atoms with E-state index < -0.39 is 4.92 Å². The maximum Gasteiger partial charge on any atom is 0.271 e. The number of imidazole rings is 1. The summed E-state index contributed by atoms with van der Waals surface area (Å²) < 4.78 is 10.6. The van der Waals surface area contributed by atoms with E-state index in [4.69, 9.17) is 9.47 Å². The van der Waals surface area contributed by atoms with E-state index in [0.29, 0.717) is 22.6 Å². The summed E-state index contributed by atoms with van der Waals surface area (Å²) in [7, 11) is 0. The van der Waals surface area contributed by atoms with Gasteiger partial charge in [-0.3, -0.25) is 10.1 Å². The molecular weight excluding hydrogens is 298 g/mol. The van der Waals surface area contributed by atoms with Gasteiger partial charge in [0.1, 0.15) is 5.82 Å². The molecule has 4 rings (SSSR count). The molecule has 0 saturated heterocycles. The molecular formula is C16H11N3O4. The molecule has 7 heteroatoms. The molecule has 1 aliphatic heterocycles. The first-order valence-electron chi connectivity index (χ1n) is 6.91. The first-order valence-corrected chi connectivity index (χ1v) is 6.91. The smallest absolute Gasteiger partial charge is 0.271 e. The van der Waals surface area contributed by atoms with Crippen molar-refractivity contribution in [3.63, 3.8) is 0 Å². The molecule has 0 atom stereocenters. The van der Waals surface area contributed by atoms with Gasteiger partial charge >= 0.3 is 0 Å². The van der Waals surface area contributed by atoms with Crippen molar-refractivity contribution in [3.8, 4) is 11.5 Å². The predicted octanol–water partition coefficient (Wildman–Crippen LogP) is 3.37. The summed E-state index contributed by atoms with van der Waals surface area (Å²) in [5.41, 5.74) is 2.29. The monoisotopic (exact) mass is 309 g/mol. The largest absolute Gasteiger partial charge is 0.454 e. The molecule has 1 aromatic heterocycles. The zero-order valence-corrected chi connectivity index (χ0v) is 11.9. The fourth-order valence-electron chi connectivity index (χ4n) is 2.40. The van der Waals surface area contributed by atoms with Gasteiger partial charge in [-0.2, -0.15) is 0 Å². The molecule has 0 amide bonds. The van der Waals surface area contributed by atoms with E-state index in [0.717, 1.165) is 11.3 Å². The lowest BCUT2D eigenvalue weighted by atomic mass is 10.2. The number of nitrogens with one attached hydrogen (secondary N) is 1. The molecule has 0 saturated carbocycles. The van der Waals surface area contributed by atoms with Gasteiger partial charge < -0.3 is 14.5 Å². The summed E-state index contributed by atoms with van der Waals surface area (Å²) in [6.45, 7) is 0.241. The molecule has 7 nitrogen and oxygen atoms in total. The Hall–Kier alpha value is -3.35. The normalized spacial score (nSPS) is 13.0. The van der Waals surface area contributed by atoms with Crippen molar-refractivity contribution in [2.24, 2.45) is 0 Å². The Morgan fingerprint density at radius 3 is 2.87 bits per heavy atom. The minimum absolute atomic E-state index is 0.0347. The number of nitro groups is 1. The van der Waals surface area contributed by atoms with E-state index in [1.807, 2.05) is 30.4 Å². The number of H-pyrrole nitrogens is 1. The minimum atomic E-state index is -0.428. The number of fused-ring (bicyclic) bond motifs is 2. The second-order valence-corrected chi connectivity index (χ2v) is 5.03. The number of nitro benzene ring substituents is 1. The van der Waals surface area contributed by atoms with Crippen LogP contribution in [0.1, 0.15) is 11.4 Å². The molecule has 1 N–H and O–H groups in total. The van der Waals surface area contributed by atoms with Crippen molar-refractivity contribution < 1.29 is 14.4 Å². The Balaban J connectivity index is 1.63. The molecule has 23 heavy (non-hydrogen) atoms. The molecule has 1 aliphatic rings. The van der Waals surface area contributed by atoms with E-state index >= 15 is 0 Å². The number of benzene rings is 2. The number of rotatable bonds is 3. The standard InChI is InChI=1S/C16H11N3O4/c20-19(21)11-3-4-12-13(8-11)18-16(17-12)6-2-10-1-5-14-15(7-10)23-9-22-14/h1-8H,9H2,(H,17,18)/b6-2+. The fraction of sp³-hybridized carbons (Fsp3) is 0.0625. The average Bonchev–Trinajstić information content (AvgIpc) is 3.17. The van der Waals surface area contributed by atoms with Crippen LogP contribution in [0.25, 0.3) is 23.2 Å². The predicted molar refractivity (Wildman–Crippen MR) is 84.2 cm³/mol. The van der Waals surface area contributed by atoms with E-state index in [2.05, 4.69) is 9.97 Å². The van der Waals surface area contributed by atoms with Crippen LogP contribution < -0.4 is 9.47 Å². The van der Waals surface area contributed by atoms with E-state index in [-0.39, 0.29) is 12.5 Å². The average molecular weight is 309 g/mol. The van der Waals surface area contributed by atoms with Crippen molar-refractivity contribution in [2.45, 2.75) is 0 Å². The second kappa shape index (κ2) is 5.13. The van der Waals surface area contributed by atoms with Gasteiger partial charge in [-0.1, -0.05) is 12.1 Å². The van der Waals surface area contributed by atoms with Crippen LogP contribution in [0.5, 0.6) is 11.5 Å². The highest BCUT2D eigenvalue weighted by Crippen LogP contribution is 2.33. The van der Waals surface area contributed by atoms with Gasteiger partial charge in [-0.05, 0) is 29.8 Å². The van der Waals surface area contributed by atoms with Crippen LogP contribution >= 0.6 is 0 Å². The van der Waals surface area contributed by atoms with Crippen LogP contribution in [0.4, 0.5) is 5.69 Å². The zero-order chi connectivity index (χ0) is 15.8. The molecule has 2 aromatic carbocycles. The summed E-state index contributed by atoms with van der Waals surface area (Å²) in [6.07, 6.45) is 3.69. The summed E-state index contributed by atoms with van der Waals surface area (Å²) >= 11 is 0. The Labute approximate surface area is 130 Å². The van der Waals surface area contributed by atoms with Crippen LogP contribution in [0.15, 0.2) is 36.4 Å². The molecule has 2 heterocycles. The van der Waals surface area contributed by atoms with Gasteiger partial charge in [0.05, 0.1) is 16.0 Å². The second-order valence-electron chi connectivity index (χ2n) is 5.03. The Morgan fingerprint density at radius 1 is 1.13 bits per heavy atom. The Kier molecular flexibility index (Phi) is 2.97. The maximum absolute atomic E-state index is 10.8. The molecule has 0 fully saturated rings. The van der Waals surface area contributed by atoms with Gasteiger partial charge in [-0.25, -0.2) is 4.98 Å². The molecule has 114 valence electrons. The number of hydrogen-bond donors (Lipinski definition) is 1. The number of ether oxygens (including phenoxy) is 2. The summed E-state index contributed by atoms with van der Waals surface area (Å²) in [6, 6.07) is 10.2. The van der Waals surface area contributed by atoms with E-state index in [1.165, 1.54) is 12.1 Å². The lowest BCUT2D eigenvalue weighted by molar-refractivity contribution is -0.384. The molecule has 0 bridgehead atoms. The zero-order valence-electron chi connectivity index (χ0n) is 11.9. The van der Waals surface area contributed by atoms with Crippen molar-refractivity contribution >= 4 is 28.9 Å². The number of aromatic nitrogens is 2. The van der Waals surface area contributed by atoms with Crippen LogP contribution in [-0.2, 0) is 0 Å². The number of hydrogen-bond acceptors (Lipinski definition) is 5. The van der Waals surface area contributed by atoms with Crippen LogP contribution in [0.3, 0.4) is 0 Å². The van der Waals surface area contributed by atoms with Crippen molar-refractivity contribution in [1.82, 2.24) is 9.97 Å². The van der Waals surface area contributed by atoms with Gasteiger partial charge in [0, 0.05) is 12.1 Å². The minimum Gasteiger partial charge on any atom is -0.454 e.